The predicted molar refractivity (Wildman–Crippen MR) is 113 cm³/mol. The third kappa shape index (κ3) is 3.39. The van der Waals surface area contributed by atoms with Gasteiger partial charge in [0, 0.05) is 5.56 Å². The molecule has 0 bridgehead atoms. The van der Waals surface area contributed by atoms with E-state index in [9.17, 15) is 15.3 Å². The van der Waals surface area contributed by atoms with Crippen molar-refractivity contribution < 1.29 is 20.1 Å². The van der Waals surface area contributed by atoms with Crippen molar-refractivity contribution in [2.24, 2.45) is 0 Å². The lowest BCUT2D eigenvalue weighted by atomic mass is 9.83. The first-order valence-corrected chi connectivity index (χ1v) is 9.86. The Bertz CT molecular complexity index is 1110. The van der Waals surface area contributed by atoms with Gasteiger partial charge in [0.05, 0.1) is 0 Å². The summed E-state index contributed by atoms with van der Waals surface area (Å²) in [5.74, 6) is 1.48. The van der Waals surface area contributed by atoms with E-state index < -0.39 is 0 Å². The third-order valence-corrected chi connectivity index (χ3v) is 6.15. The average molecular weight is 390 g/mol. The van der Waals surface area contributed by atoms with Crippen molar-refractivity contribution in [1.29, 1.82) is 0 Å². The highest BCUT2D eigenvalue weighted by Crippen LogP contribution is 2.45. The average Bonchev–Trinajstić information content (AvgIpc) is 2.65. The molecule has 4 rings (SSSR count). The van der Waals surface area contributed by atoms with E-state index in [0.29, 0.717) is 18.6 Å². The molecule has 0 aromatic heterocycles. The van der Waals surface area contributed by atoms with Crippen molar-refractivity contribution in [3.8, 4) is 28.7 Å². The second-order valence-corrected chi connectivity index (χ2v) is 8.14. The van der Waals surface area contributed by atoms with Crippen LogP contribution >= 0.6 is 0 Å². The summed E-state index contributed by atoms with van der Waals surface area (Å²) in [6.45, 7) is 8.13. The molecule has 3 aromatic carbocycles. The molecule has 1 unspecified atom stereocenters. The first-order valence-electron chi connectivity index (χ1n) is 9.86. The van der Waals surface area contributed by atoms with Crippen LogP contribution in [0.1, 0.15) is 44.9 Å². The van der Waals surface area contributed by atoms with Gasteiger partial charge in [-0.25, -0.2) is 0 Å². The van der Waals surface area contributed by atoms with Gasteiger partial charge in [-0.05, 0) is 104 Å². The molecule has 0 spiro atoms. The standard InChI is InChI=1S/C25H26O4/c1-13-7-19-10-18(17-5-6-21(26)23(28)12-17)11-20-22(27)8-15(3)16(4)25(20)29-24(19)9-14(13)2/h5-9,12,18,26-28H,10-11H2,1-4H3. The summed E-state index contributed by atoms with van der Waals surface area (Å²) in [7, 11) is 0. The molecular weight excluding hydrogens is 364 g/mol. The normalized spacial score (nSPS) is 15.7. The van der Waals surface area contributed by atoms with Crippen molar-refractivity contribution in [2.45, 2.75) is 46.5 Å². The molecule has 150 valence electrons. The minimum atomic E-state index is -0.135. The molecule has 0 radical (unpaired) electrons. The van der Waals surface area contributed by atoms with Crippen LogP contribution in [0.5, 0.6) is 28.7 Å². The van der Waals surface area contributed by atoms with Crippen LogP contribution in [-0.4, -0.2) is 15.3 Å². The summed E-state index contributed by atoms with van der Waals surface area (Å²) in [4.78, 5) is 0. The Morgan fingerprint density at radius 3 is 2.21 bits per heavy atom. The van der Waals surface area contributed by atoms with Crippen LogP contribution in [0.4, 0.5) is 0 Å². The Hall–Kier alpha value is -3.14. The molecule has 0 fully saturated rings. The fourth-order valence-electron chi connectivity index (χ4n) is 4.09. The minimum Gasteiger partial charge on any atom is -0.508 e. The van der Waals surface area contributed by atoms with Crippen LogP contribution in [0.3, 0.4) is 0 Å². The first-order chi connectivity index (χ1) is 13.7. The van der Waals surface area contributed by atoms with Crippen molar-refractivity contribution in [3.63, 3.8) is 0 Å². The molecule has 0 saturated carbocycles. The third-order valence-electron chi connectivity index (χ3n) is 6.15. The van der Waals surface area contributed by atoms with Crippen LogP contribution < -0.4 is 4.74 Å². The maximum Gasteiger partial charge on any atom is 0.157 e. The van der Waals surface area contributed by atoms with E-state index >= 15 is 0 Å². The fraction of sp³-hybridized carbons (Fsp3) is 0.280. The zero-order valence-corrected chi connectivity index (χ0v) is 17.2. The Labute approximate surface area is 171 Å². The van der Waals surface area contributed by atoms with Crippen LogP contribution in [-0.2, 0) is 12.8 Å². The molecule has 1 aliphatic heterocycles. The molecule has 4 nitrogen and oxygen atoms in total. The van der Waals surface area contributed by atoms with Crippen LogP contribution in [0, 0.1) is 27.7 Å². The topological polar surface area (TPSA) is 69.9 Å². The molecule has 4 heteroatoms. The van der Waals surface area contributed by atoms with Crippen molar-refractivity contribution >= 4 is 0 Å². The number of hydrogen-bond donors (Lipinski definition) is 3. The molecule has 1 heterocycles. The van der Waals surface area contributed by atoms with E-state index in [2.05, 4.69) is 26.0 Å². The van der Waals surface area contributed by atoms with Gasteiger partial charge < -0.3 is 20.1 Å². The number of fused-ring (bicyclic) bond motifs is 2. The Morgan fingerprint density at radius 1 is 0.759 bits per heavy atom. The quantitative estimate of drug-likeness (QED) is 0.465. The fourth-order valence-corrected chi connectivity index (χ4v) is 4.09. The van der Waals surface area contributed by atoms with E-state index in [4.69, 9.17) is 4.74 Å². The molecular formula is C25H26O4. The van der Waals surface area contributed by atoms with Gasteiger partial charge in [-0.1, -0.05) is 12.1 Å². The predicted octanol–water partition coefficient (Wildman–Crippen LogP) is 5.71. The molecule has 3 aromatic rings. The summed E-state index contributed by atoms with van der Waals surface area (Å²) >= 11 is 0. The van der Waals surface area contributed by atoms with Crippen molar-refractivity contribution in [1.82, 2.24) is 0 Å². The van der Waals surface area contributed by atoms with Gasteiger partial charge in [-0.3, -0.25) is 0 Å². The smallest absolute Gasteiger partial charge is 0.157 e. The van der Waals surface area contributed by atoms with E-state index in [0.717, 1.165) is 39.1 Å². The number of phenols is 3. The van der Waals surface area contributed by atoms with Crippen LogP contribution in [0.2, 0.25) is 0 Å². The highest BCUT2D eigenvalue weighted by atomic mass is 16.5. The van der Waals surface area contributed by atoms with Gasteiger partial charge in [0.25, 0.3) is 0 Å². The maximum absolute atomic E-state index is 10.7. The molecule has 0 aliphatic carbocycles. The van der Waals surface area contributed by atoms with Crippen LogP contribution in [0.25, 0.3) is 0 Å². The van der Waals surface area contributed by atoms with Crippen molar-refractivity contribution in [3.05, 3.63) is 75.3 Å². The summed E-state index contributed by atoms with van der Waals surface area (Å²) in [5, 5.41) is 30.5. The summed E-state index contributed by atoms with van der Waals surface area (Å²) in [5.41, 5.74) is 7.12. The molecule has 3 N–H and O–H groups in total. The number of aryl methyl sites for hydroxylation is 3. The summed E-state index contributed by atoms with van der Waals surface area (Å²) in [6, 6.07) is 11.0. The van der Waals surface area contributed by atoms with Gasteiger partial charge in [0.2, 0.25) is 0 Å². The molecule has 0 amide bonds. The van der Waals surface area contributed by atoms with Gasteiger partial charge >= 0.3 is 0 Å². The lowest BCUT2D eigenvalue weighted by Gasteiger charge is -2.27. The van der Waals surface area contributed by atoms with E-state index in [-0.39, 0.29) is 23.2 Å². The number of benzene rings is 3. The Balaban J connectivity index is 1.94. The maximum atomic E-state index is 10.7. The second kappa shape index (κ2) is 7.03. The SMILES string of the molecule is Cc1cc2c(cc1C)Oc1c(C)c(C)cc(O)c1CC(c1ccc(O)c(O)c1)C2. The minimum absolute atomic E-state index is 0.0120. The highest BCUT2D eigenvalue weighted by Gasteiger charge is 2.26. The Morgan fingerprint density at radius 2 is 1.48 bits per heavy atom. The second-order valence-electron chi connectivity index (χ2n) is 8.14. The highest BCUT2D eigenvalue weighted by molar-refractivity contribution is 5.57. The van der Waals surface area contributed by atoms with E-state index in [1.165, 1.54) is 11.6 Å². The van der Waals surface area contributed by atoms with Gasteiger partial charge in [-0.2, -0.15) is 0 Å². The number of phenolic OH excluding ortho intramolecular Hbond substituents is 3. The zero-order chi connectivity index (χ0) is 20.9. The van der Waals surface area contributed by atoms with Gasteiger partial charge in [0.1, 0.15) is 17.2 Å². The number of ether oxygens (including phenoxy) is 1. The molecule has 29 heavy (non-hydrogen) atoms. The molecule has 1 atom stereocenters. The first kappa shape index (κ1) is 19.2. The molecule has 0 saturated heterocycles. The number of rotatable bonds is 1. The Kier molecular flexibility index (Phi) is 4.65. The zero-order valence-electron chi connectivity index (χ0n) is 17.2. The van der Waals surface area contributed by atoms with Gasteiger partial charge in [-0.15, -0.1) is 0 Å². The lowest BCUT2D eigenvalue weighted by molar-refractivity contribution is 0.401. The largest absolute Gasteiger partial charge is 0.508 e. The van der Waals surface area contributed by atoms with E-state index in [1.54, 1.807) is 12.1 Å². The summed E-state index contributed by atoms with van der Waals surface area (Å²) < 4.78 is 6.39. The monoisotopic (exact) mass is 390 g/mol. The summed E-state index contributed by atoms with van der Waals surface area (Å²) in [6.07, 6.45) is 1.27. The number of hydrogen-bond acceptors (Lipinski definition) is 4. The molecule has 1 aliphatic rings. The lowest BCUT2D eigenvalue weighted by Crippen LogP contribution is -2.13. The number of aromatic hydroxyl groups is 3. The van der Waals surface area contributed by atoms with Crippen molar-refractivity contribution in [2.75, 3.05) is 0 Å². The van der Waals surface area contributed by atoms with Crippen LogP contribution in [0.15, 0.2) is 36.4 Å². The van der Waals surface area contributed by atoms with E-state index in [1.807, 2.05) is 19.9 Å². The van der Waals surface area contributed by atoms with Gasteiger partial charge in [0.15, 0.2) is 11.5 Å².